The molecule has 2 aliphatic rings. The first-order valence-electron chi connectivity index (χ1n) is 22.2. The smallest absolute Gasteiger partial charge is 0.333 e. The van der Waals surface area contributed by atoms with E-state index in [9.17, 15) is 0 Å². The summed E-state index contributed by atoms with van der Waals surface area (Å²) in [6.45, 7) is 4.39. The molecule has 0 N–H and O–H groups in total. The van der Waals surface area contributed by atoms with Gasteiger partial charge in [0.15, 0.2) is 0 Å². The maximum absolute atomic E-state index is 2.67. The lowest BCUT2D eigenvalue weighted by Gasteiger charge is -2.46. The molecule has 0 saturated carbocycles. The third-order valence-electron chi connectivity index (χ3n) is 13.7. The second kappa shape index (κ2) is 14.5. The van der Waals surface area contributed by atoms with E-state index >= 15 is 0 Å². The highest BCUT2D eigenvalue weighted by molar-refractivity contribution is 7.26. The van der Waals surface area contributed by atoms with Crippen LogP contribution in [0.15, 0.2) is 212 Å². The lowest BCUT2D eigenvalue weighted by Crippen LogP contribution is -2.61. The van der Waals surface area contributed by atoms with E-state index in [1.54, 1.807) is 0 Å². The number of anilines is 5. The summed E-state index contributed by atoms with van der Waals surface area (Å²) in [7, 11) is 0. The number of thiophene rings is 1. The fraction of sp³-hybridized carbons (Fsp3) is 0.0333. The molecule has 4 heteroatoms. The van der Waals surface area contributed by atoms with Gasteiger partial charge in [0.25, 0.3) is 0 Å². The number of benzene rings is 10. The number of fused-ring (bicyclic) bond motifs is 9. The predicted molar refractivity (Wildman–Crippen MR) is 276 cm³/mol. The molecule has 0 saturated heterocycles. The molecular weight excluding hydrogens is 792 g/mol. The van der Waals surface area contributed by atoms with Crippen molar-refractivity contribution in [3.8, 4) is 44.5 Å². The summed E-state index contributed by atoms with van der Waals surface area (Å²) in [5, 5.41) is 5.10. The van der Waals surface area contributed by atoms with Crippen molar-refractivity contribution >= 4 is 88.5 Å². The fourth-order valence-corrected chi connectivity index (χ4v) is 11.8. The Morgan fingerprint density at radius 3 is 1.84 bits per heavy atom. The molecule has 0 unspecified atom stereocenters. The van der Waals surface area contributed by atoms with E-state index in [0.29, 0.717) is 0 Å². The van der Waals surface area contributed by atoms with Crippen LogP contribution in [0.3, 0.4) is 0 Å². The summed E-state index contributed by atoms with van der Waals surface area (Å²) < 4.78 is 2.60. The molecule has 0 fully saturated rings. The summed E-state index contributed by atoms with van der Waals surface area (Å²) in [4.78, 5) is 5.27. The highest BCUT2D eigenvalue weighted by atomic mass is 32.1. The quantitative estimate of drug-likeness (QED) is 0.159. The maximum atomic E-state index is 2.67. The van der Waals surface area contributed by atoms with Gasteiger partial charge in [0, 0.05) is 59.6 Å². The minimum absolute atomic E-state index is 0.130. The van der Waals surface area contributed by atoms with Crippen LogP contribution in [-0.4, -0.2) is 6.85 Å². The van der Waals surface area contributed by atoms with Crippen molar-refractivity contribution in [2.75, 3.05) is 9.71 Å². The van der Waals surface area contributed by atoms with E-state index in [0.717, 1.165) is 0 Å². The Balaban J connectivity index is 1.16. The molecule has 64 heavy (non-hydrogen) atoms. The van der Waals surface area contributed by atoms with Crippen molar-refractivity contribution in [3.05, 3.63) is 223 Å². The molecule has 11 aromatic rings. The highest BCUT2D eigenvalue weighted by Crippen LogP contribution is 2.52. The average molecular weight is 833 g/mol. The van der Waals surface area contributed by atoms with Gasteiger partial charge in [-0.2, -0.15) is 0 Å². The number of aryl methyl sites for hydroxylation is 2. The van der Waals surface area contributed by atoms with Crippen molar-refractivity contribution < 1.29 is 0 Å². The Kier molecular flexibility index (Phi) is 8.34. The summed E-state index contributed by atoms with van der Waals surface area (Å²) >= 11 is 1.89. The zero-order valence-corrected chi connectivity index (χ0v) is 36.4. The summed E-state index contributed by atoms with van der Waals surface area (Å²) in [5.74, 6) is 0. The Bertz CT molecular complexity index is 3650. The van der Waals surface area contributed by atoms with Crippen molar-refractivity contribution in [2.45, 2.75) is 13.8 Å². The van der Waals surface area contributed by atoms with Gasteiger partial charge < -0.3 is 9.71 Å². The van der Waals surface area contributed by atoms with Crippen LogP contribution in [0.4, 0.5) is 28.4 Å². The van der Waals surface area contributed by atoms with Crippen molar-refractivity contribution in [3.63, 3.8) is 0 Å². The summed E-state index contributed by atoms with van der Waals surface area (Å²) in [6, 6.07) is 79.2. The standard InChI is InChI=1S/C60H41BN2S/c1-38-15-9-11-21-47(38)45-34-52-50-31-27-43-20-10-12-22-48(43)60(50)63(46-29-25-42(26-30-46)40-16-5-3-6-17-40)61-53-36-51-49-23-13-14-24-57(49)64-58(51)37-55(53)62(56(35-45)59(52)61)54-32-28-44(33-39(54)2)41-18-7-4-8-19-41/h3-37H,1-2H3. The van der Waals surface area contributed by atoms with E-state index in [-0.39, 0.29) is 6.85 Å². The van der Waals surface area contributed by atoms with Crippen molar-refractivity contribution in [2.24, 2.45) is 0 Å². The third-order valence-corrected chi connectivity index (χ3v) is 14.8. The van der Waals surface area contributed by atoms with E-state index in [1.165, 1.54) is 126 Å². The molecule has 0 atom stereocenters. The Morgan fingerprint density at radius 1 is 0.391 bits per heavy atom. The molecule has 0 aliphatic carbocycles. The van der Waals surface area contributed by atoms with Crippen LogP contribution < -0.4 is 20.6 Å². The predicted octanol–water partition coefficient (Wildman–Crippen LogP) is 15.5. The normalized spacial score (nSPS) is 12.8. The number of hydrogen-bond acceptors (Lipinski definition) is 3. The molecule has 300 valence electrons. The lowest BCUT2D eigenvalue weighted by atomic mass is 9.43. The molecule has 13 rings (SSSR count). The molecular formula is C60H41BN2S. The Labute approximate surface area is 378 Å². The maximum Gasteiger partial charge on any atom is 0.333 e. The lowest BCUT2D eigenvalue weighted by molar-refractivity contribution is 1.25. The molecule has 0 radical (unpaired) electrons. The van der Waals surface area contributed by atoms with Crippen LogP contribution in [0.5, 0.6) is 0 Å². The van der Waals surface area contributed by atoms with Gasteiger partial charge in [-0.3, -0.25) is 0 Å². The van der Waals surface area contributed by atoms with E-state index in [2.05, 4.69) is 236 Å². The molecule has 0 spiro atoms. The van der Waals surface area contributed by atoms with Gasteiger partial charge in [-0.1, -0.05) is 164 Å². The first kappa shape index (κ1) is 36.9. The Hall–Kier alpha value is -7.66. The SMILES string of the molecule is Cc1ccccc1-c1cc2c3c(c1)N(c1ccc(-c4ccccc4)cc1C)c1cc4sc5ccccc5c4cc1B3N(c1ccc(-c3ccccc3)cc1)c1c-2ccc2ccccc12. The zero-order chi connectivity index (χ0) is 42.5. The second-order valence-electron chi connectivity index (χ2n) is 17.3. The molecule has 0 bridgehead atoms. The molecule has 10 aromatic carbocycles. The van der Waals surface area contributed by atoms with E-state index < -0.39 is 0 Å². The third kappa shape index (κ3) is 5.66. The van der Waals surface area contributed by atoms with Crippen molar-refractivity contribution in [1.29, 1.82) is 0 Å². The molecule has 3 heterocycles. The summed E-state index contributed by atoms with van der Waals surface area (Å²) in [6.07, 6.45) is 0. The average Bonchev–Trinajstić information content (AvgIpc) is 3.71. The summed E-state index contributed by atoms with van der Waals surface area (Å²) in [5.41, 5.74) is 21.0. The molecule has 2 aliphatic heterocycles. The highest BCUT2D eigenvalue weighted by Gasteiger charge is 2.46. The Morgan fingerprint density at radius 2 is 1.06 bits per heavy atom. The number of rotatable bonds is 5. The largest absolute Gasteiger partial charge is 0.376 e. The van der Waals surface area contributed by atoms with E-state index in [4.69, 9.17) is 0 Å². The van der Waals surface area contributed by atoms with Crippen LogP contribution in [0.2, 0.25) is 0 Å². The van der Waals surface area contributed by atoms with Crippen LogP contribution in [0, 0.1) is 13.8 Å². The van der Waals surface area contributed by atoms with Gasteiger partial charge in [-0.15, -0.1) is 11.3 Å². The monoisotopic (exact) mass is 832 g/mol. The van der Waals surface area contributed by atoms with Crippen LogP contribution in [0.25, 0.3) is 75.5 Å². The molecule has 2 nitrogen and oxygen atoms in total. The second-order valence-corrected chi connectivity index (χ2v) is 18.4. The molecule has 1 aromatic heterocycles. The zero-order valence-electron chi connectivity index (χ0n) is 35.6. The van der Waals surface area contributed by atoms with Gasteiger partial charge in [-0.25, -0.2) is 0 Å². The molecule has 0 amide bonds. The first-order valence-corrected chi connectivity index (χ1v) is 23.0. The van der Waals surface area contributed by atoms with Crippen LogP contribution in [-0.2, 0) is 0 Å². The van der Waals surface area contributed by atoms with Crippen LogP contribution in [0.1, 0.15) is 11.1 Å². The van der Waals surface area contributed by atoms with Crippen LogP contribution >= 0.6 is 11.3 Å². The van der Waals surface area contributed by atoms with Gasteiger partial charge in [0.2, 0.25) is 0 Å². The first-order chi connectivity index (χ1) is 31.6. The van der Waals surface area contributed by atoms with Gasteiger partial charge in [0.1, 0.15) is 0 Å². The topological polar surface area (TPSA) is 6.48 Å². The van der Waals surface area contributed by atoms with Gasteiger partial charge in [0.05, 0.1) is 0 Å². The minimum atomic E-state index is -0.130. The van der Waals surface area contributed by atoms with Gasteiger partial charge in [-0.05, 0) is 129 Å². The van der Waals surface area contributed by atoms with Crippen molar-refractivity contribution in [1.82, 2.24) is 0 Å². The van der Waals surface area contributed by atoms with E-state index in [1.807, 2.05) is 11.3 Å². The number of hydrogen-bond donors (Lipinski definition) is 0. The van der Waals surface area contributed by atoms with Gasteiger partial charge >= 0.3 is 6.85 Å². The minimum Gasteiger partial charge on any atom is -0.376 e. The fourth-order valence-electron chi connectivity index (χ4n) is 10.7. The number of nitrogens with zero attached hydrogens (tertiary/aromatic N) is 2.